The Morgan fingerprint density at radius 2 is 1.82 bits per heavy atom. The molecular formula is C14H20ClNO. The quantitative estimate of drug-likeness (QED) is 0.870. The lowest BCUT2D eigenvalue weighted by Crippen LogP contribution is -2.44. The van der Waals surface area contributed by atoms with Gasteiger partial charge >= 0.3 is 0 Å². The molecule has 0 aliphatic carbocycles. The first-order chi connectivity index (χ1) is 7.99. The van der Waals surface area contributed by atoms with Crippen LogP contribution in [0.2, 0.25) is 5.02 Å². The van der Waals surface area contributed by atoms with Crippen molar-refractivity contribution in [1.29, 1.82) is 0 Å². The lowest BCUT2D eigenvalue weighted by molar-refractivity contribution is 0.249. The smallest absolute Gasteiger partial charge is 0.127 e. The van der Waals surface area contributed by atoms with Crippen LogP contribution in [-0.4, -0.2) is 13.7 Å². The van der Waals surface area contributed by atoms with Crippen molar-refractivity contribution in [2.24, 2.45) is 5.92 Å². The van der Waals surface area contributed by atoms with Crippen LogP contribution in [0.25, 0.3) is 0 Å². The molecule has 2 atom stereocenters. The maximum absolute atomic E-state index is 6.41. The number of benzene rings is 1. The molecule has 0 spiro atoms. The second kappa shape index (κ2) is 4.51. The highest BCUT2D eigenvalue weighted by Gasteiger charge is 2.33. The number of rotatable bonds is 2. The fourth-order valence-electron chi connectivity index (χ4n) is 2.60. The Labute approximate surface area is 108 Å². The Hall–Kier alpha value is -0.730. The van der Waals surface area contributed by atoms with E-state index in [4.69, 9.17) is 16.3 Å². The van der Waals surface area contributed by atoms with Gasteiger partial charge in [0.15, 0.2) is 0 Å². The van der Waals surface area contributed by atoms with Gasteiger partial charge in [0, 0.05) is 23.2 Å². The number of hydrogen-bond donors (Lipinski definition) is 1. The Kier molecular flexibility index (Phi) is 3.37. The van der Waals surface area contributed by atoms with Gasteiger partial charge in [0.25, 0.3) is 0 Å². The maximum Gasteiger partial charge on any atom is 0.127 e. The SMILES string of the molecule is COc1c(C)c(C)c(Cl)c(C)c1C1NCC1C. The fourth-order valence-corrected chi connectivity index (χ4v) is 2.85. The van der Waals surface area contributed by atoms with Crippen LogP contribution in [0.15, 0.2) is 0 Å². The van der Waals surface area contributed by atoms with Gasteiger partial charge in [0.05, 0.1) is 7.11 Å². The molecule has 2 unspecified atom stereocenters. The van der Waals surface area contributed by atoms with Gasteiger partial charge in [-0.2, -0.15) is 0 Å². The van der Waals surface area contributed by atoms with E-state index in [0.717, 1.165) is 34.0 Å². The molecule has 1 N–H and O–H groups in total. The molecule has 1 aromatic carbocycles. The van der Waals surface area contributed by atoms with Gasteiger partial charge < -0.3 is 10.1 Å². The number of hydrogen-bond acceptors (Lipinski definition) is 2. The van der Waals surface area contributed by atoms with E-state index >= 15 is 0 Å². The molecule has 2 rings (SSSR count). The van der Waals surface area contributed by atoms with E-state index in [-0.39, 0.29) is 0 Å². The lowest BCUT2D eigenvalue weighted by atomic mass is 9.83. The Morgan fingerprint density at radius 3 is 2.24 bits per heavy atom. The van der Waals surface area contributed by atoms with Crippen LogP contribution in [0.1, 0.15) is 35.2 Å². The first-order valence-electron chi connectivity index (χ1n) is 6.05. The van der Waals surface area contributed by atoms with E-state index < -0.39 is 0 Å². The lowest BCUT2D eigenvalue weighted by Gasteiger charge is -2.38. The van der Waals surface area contributed by atoms with Crippen molar-refractivity contribution < 1.29 is 4.74 Å². The van der Waals surface area contributed by atoms with Crippen LogP contribution in [0, 0.1) is 26.7 Å². The van der Waals surface area contributed by atoms with Crippen molar-refractivity contribution in [3.05, 3.63) is 27.3 Å². The molecule has 1 saturated heterocycles. The Morgan fingerprint density at radius 1 is 1.18 bits per heavy atom. The Balaban J connectivity index is 2.64. The van der Waals surface area contributed by atoms with Gasteiger partial charge in [-0.3, -0.25) is 0 Å². The van der Waals surface area contributed by atoms with Crippen LogP contribution in [0.4, 0.5) is 0 Å². The summed E-state index contributed by atoms with van der Waals surface area (Å²) in [5.74, 6) is 1.63. The zero-order valence-electron chi connectivity index (χ0n) is 11.1. The predicted octanol–water partition coefficient (Wildman–Crippen LogP) is 3.55. The minimum atomic E-state index is 0.377. The highest BCUT2D eigenvalue weighted by Crippen LogP contribution is 2.43. The monoisotopic (exact) mass is 253 g/mol. The average Bonchev–Trinajstić information content (AvgIpc) is 2.31. The summed E-state index contributed by atoms with van der Waals surface area (Å²) in [5.41, 5.74) is 4.66. The van der Waals surface area contributed by atoms with Crippen LogP contribution in [-0.2, 0) is 0 Å². The second-order valence-corrected chi connectivity index (χ2v) is 5.38. The molecule has 1 aliphatic rings. The third-order valence-electron chi connectivity index (χ3n) is 3.95. The summed E-state index contributed by atoms with van der Waals surface area (Å²) in [6.07, 6.45) is 0. The van der Waals surface area contributed by atoms with E-state index in [0.29, 0.717) is 12.0 Å². The first kappa shape index (κ1) is 12.7. The van der Waals surface area contributed by atoms with Crippen LogP contribution < -0.4 is 10.1 Å². The molecule has 1 heterocycles. The molecule has 1 fully saturated rings. The van der Waals surface area contributed by atoms with Gasteiger partial charge in [-0.15, -0.1) is 0 Å². The Bertz CT molecular complexity index is 456. The van der Waals surface area contributed by atoms with Crippen molar-refractivity contribution in [2.75, 3.05) is 13.7 Å². The highest BCUT2D eigenvalue weighted by molar-refractivity contribution is 6.32. The van der Waals surface area contributed by atoms with E-state index in [1.54, 1.807) is 7.11 Å². The van der Waals surface area contributed by atoms with E-state index in [1.807, 2.05) is 0 Å². The van der Waals surface area contributed by atoms with Crippen molar-refractivity contribution in [1.82, 2.24) is 5.32 Å². The molecule has 2 nitrogen and oxygen atoms in total. The topological polar surface area (TPSA) is 21.3 Å². The summed E-state index contributed by atoms with van der Waals surface area (Å²) < 4.78 is 5.60. The van der Waals surface area contributed by atoms with Gasteiger partial charge in [-0.25, -0.2) is 0 Å². The first-order valence-corrected chi connectivity index (χ1v) is 6.43. The minimum absolute atomic E-state index is 0.377. The summed E-state index contributed by atoms with van der Waals surface area (Å²) in [5, 5.41) is 4.34. The molecule has 94 valence electrons. The molecule has 0 aromatic heterocycles. The zero-order valence-corrected chi connectivity index (χ0v) is 11.9. The number of halogens is 1. The molecule has 0 bridgehead atoms. The molecule has 17 heavy (non-hydrogen) atoms. The number of methoxy groups -OCH3 is 1. The van der Waals surface area contributed by atoms with Gasteiger partial charge in [0.1, 0.15) is 5.75 Å². The fraction of sp³-hybridized carbons (Fsp3) is 0.571. The highest BCUT2D eigenvalue weighted by atomic mass is 35.5. The molecule has 1 aliphatic heterocycles. The van der Waals surface area contributed by atoms with Crippen LogP contribution >= 0.6 is 11.6 Å². The largest absolute Gasteiger partial charge is 0.496 e. The van der Waals surface area contributed by atoms with Crippen LogP contribution in [0.3, 0.4) is 0 Å². The standard InChI is InChI=1S/C14H20ClNO/c1-7-6-16-13(7)11-10(4)12(15)8(2)9(3)14(11)17-5/h7,13,16H,6H2,1-5H3. The average molecular weight is 254 g/mol. The van der Waals surface area contributed by atoms with E-state index in [1.165, 1.54) is 5.56 Å². The second-order valence-electron chi connectivity index (χ2n) is 5.00. The van der Waals surface area contributed by atoms with Crippen molar-refractivity contribution in [3.8, 4) is 5.75 Å². The van der Waals surface area contributed by atoms with Crippen molar-refractivity contribution >= 4 is 11.6 Å². The normalized spacial score (nSPS) is 23.4. The summed E-state index contributed by atoms with van der Waals surface area (Å²) >= 11 is 6.41. The van der Waals surface area contributed by atoms with Gasteiger partial charge in [0.2, 0.25) is 0 Å². The summed E-state index contributed by atoms with van der Waals surface area (Å²) in [4.78, 5) is 0. The van der Waals surface area contributed by atoms with Gasteiger partial charge in [-0.1, -0.05) is 18.5 Å². The third-order valence-corrected chi connectivity index (χ3v) is 4.52. The molecule has 0 saturated carbocycles. The van der Waals surface area contributed by atoms with Crippen LogP contribution in [0.5, 0.6) is 5.75 Å². The summed E-state index contributed by atoms with van der Waals surface area (Å²) in [7, 11) is 1.74. The molecule has 0 amide bonds. The van der Waals surface area contributed by atoms with Crippen molar-refractivity contribution in [3.63, 3.8) is 0 Å². The van der Waals surface area contributed by atoms with E-state index in [9.17, 15) is 0 Å². The molecule has 0 radical (unpaired) electrons. The third kappa shape index (κ3) is 1.84. The molecular weight excluding hydrogens is 234 g/mol. The number of ether oxygens (including phenoxy) is 1. The number of nitrogens with one attached hydrogen (secondary N) is 1. The predicted molar refractivity (Wildman–Crippen MR) is 72.1 cm³/mol. The van der Waals surface area contributed by atoms with E-state index in [2.05, 4.69) is 33.0 Å². The summed E-state index contributed by atoms with van der Waals surface area (Å²) in [6, 6.07) is 0.377. The zero-order chi connectivity index (χ0) is 12.7. The molecule has 1 aromatic rings. The maximum atomic E-state index is 6.41. The van der Waals surface area contributed by atoms with Crippen molar-refractivity contribution in [2.45, 2.75) is 33.7 Å². The molecule has 3 heteroatoms. The minimum Gasteiger partial charge on any atom is -0.496 e. The summed E-state index contributed by atoms with van der Waals surface area (Å²) in [6.45, 7) is 9.53. The van der Waals surface area contributed by atoms with Gasteiger partial charge in [-0.05, 0) is 43.4 Å².